The van der Waals surface area contributed by atoms with E-state index in [0.29, 0.717) is 12.2 Å². The summed E-state index contributed by atoms with van der Waals surface area (Å²) in [6.45, 7) is 6.79. The minimum Gasteiger partial charge on any atom is -0.396 e. The molecule has 0 amide bonds. The second-order valence-corrected chi connectivity index (χ2v) is 7.70. The van der Waals surface area contributed by atoms with Crippen LogP contribution in [0.1, 0.15) is 124 Å². The Kier molecular flexibility index (Phi) is 19.2. The summed E-state index contributed by atoms with van der Waals surface area (Å²) in [6.07, 6.45) is 22.0. The van der Waals surface area contributed by atoms with E-state index in [2.05, 4.69) is 20.8 Å². The van der Waals surface area contributed by atoms with Gasteiger partial charge in [-0.2, -0.15) is 0 Å². The molecule has 2 nitrogen and oxygen atoms in total. The van der Waals surface area contributed by atoms with Gasteiger partial charge in [-0.15, -0.1) is 0 Å². The molecule has 0 saturated carbocycles. The highest BCUT2D eigenvalue weighted by atomic mass is 16.5. The molecule has 0 aromatic carbocycles. The lowest BCUT2D eigenvalue weighted by Gasteiger charge is -2.20. The molecule has 0 rings (SSSR count). The zero-order valence-corrected chi connectivity index (χ0v) is 17.0. The lowest BCUT2D eigenvalue weighted by atomic mass is 10.0. The zero-order chi connectivity index (χ0) is 17.9. The third-order valence-corrected chi connectivity index (χ3v) is 4.78. The fourth-order valence-electron chi connectivity index (χ4n) is 3.37. The number of ether oxygens (including phenoxy) is 1. The first-order valence-corrected chi connectivity index (χ1v) is 11.0. The van der Waals surface area contributed by atoms with E-state index < -0.39 is 0 Å². The largest absolute Gasteiger partial charge is 0.396 e. The van der Waals surface area contributed by atoms with Crippen molar-refractivity contribution in [2.45, 2.75) is 136 Å². The van der Waals surface area contributed by atoms with Crippen LogP contribution in [0.2, 0.25) is 0 Å². The number of aliphatic hydroxyl groups is 1. The van der Waals surface area contributed by atoms with Gasteiger partial charge >= 0.3 is 0 Å². The second-order valence-electron chi connectivity index (χ2n) is 7.70. The standard InChI is InChI=1S/C22H46O2/c1-4-5-6-7-8-9-10-11-12-13-14-15-16-18-22(19-17-20-23)24-21(2)3/h21-23H,4-20H2,1-3H3. The van der Waals surface area contributed by atoms with Crippen LogP contribution < -0.4 is 0 Å². The molecule has 0 aliphatic rings. The number of hydrogen-bond donors (Lipinski definition) is 1. The molecule has 146 valence electrons. The van der Waals surface area contributed by atoms with Crippen molar-refractivity contribution in [2.75, 3.05) is 6.61 Å². The zero-order valence-electron chi connectivity index (χ0n) is 17.0. The van der Waals surface area contributed by atoms with Gasteiger partial charge in [0, 0.05) is 6.61 Å². The van der Waals surface area contributed by atoms with Gasteiger partial charge in [-0.25, -0.2) is 0 Å². The van der Waals surface area contributed by atoms with Gasteiger partial charge in [0.1, 0.15) is 0 Å². The van der Waals surface area contributed by atoms with E-state index in [0.717, 1.165) is 19.3 Å². The number of rotatable bonds is 19. The van der Waals surface area contributed by atoms with Gasteiger partial charge in [0.05, 0.1) is 12.2 Å². The quantitative estimate of drug-likeness (QED) is 0.255. The summed E-state index contributed by atoms with van der Waals surface area (Å²) in [5.74, 6) is 0. The maximum atomic E-state index is 8.98. The van der Waals surface area contributed by atoms with Crippen LogP contribution >= 0.6 is 0 Å². The molecule has 0 aliphatic heterocycles. The average molecular weight is 343 g/mol. The van der Waals surface area contributed by atoms with Crippen molar-refractivity contribution in [1.82, 2.24) is 0 Å². The molecule has 0 aromatic rings. The number of unbranched alkanes of at least 4 members (excludes halogenated alkanes) is 12. The maximum absolute atomic E-state index is 8.98. The molecule has 0 radical (unpaired) electrons. The number of hydrogen-bond acceptors (Lipinski definition) is 2. The molecule has 0 fully saturated rings. The van der Waals surface area contributed by atoms with Gasteiger partial charge in [-0.3, -0.25) is 0 Å². The summed E-state index contributed by atoms with van der Waals surface area (Å²) in [5, 5.41) is 8.98. The highest BCUT2D eigenvalue weighted by Gasteiger charge is 2.10. The SMILES string of the molecule is CCCCCCCCCCCCCCCC(CCCO)OC(C)C. The summed E-state index contributed by atoms with van der Waals surface area (Å²) in [5.41, 5.74) is 0. The summed E-state index contributed by atoms with van der Waals surface area (Å²) in [4.78, 5) is 0. The minimum absolute atomic E-state index is 0.288. The van der Waals surface area contributed by atoms with Crippen molar-refractivity contribution in [2.24, 2.45) is 0 Å². The molecule has 0 saturated heterocycles. The highest BCUT2D eigenvalue weighted by molar-refractivity contribution is 4.61. The van der Waals surface area contributed by atoms with E-state index in [1.54, 1.807) is 0 Å². The van der Waals surface area contributed by atoms with Crippen LogP contribution in [-0.4, -0.2) is 23.9 Å². The molecule has 0 spiro atoms. The molecule has 1 N–H and O–H groups in total. The van der Waals surface area contributed by atoms with Crippen molar-refractivity contribution in [3.05, 3.63) is 0 Å². The maximum Gasteiger partial charge on any atom is 0.0579 e. The Balaban J connectivity index is 3.32. The molecule has 0 heterocycles. The van der Waals surface area contributed by atoms with E-state index in [1.165, 1.54) is 83.5 Å². The summed E-state index contributed by atoms with van der Waals surface area (Å²) in [6, 6.07) is 0. The van der Waals surface area contributed by atoms with E-state index >= 15 is 0 Å². The van der Waals surface area contributed by atoms with Gasteiger partial charge in [0.2, 0.25) is 0 Å². The van der Waals surface area contributed by atoms with Gasteiger partial charge in [-0.1, -0.05) is 90.4 Å². The van der Waals surface area contributed by atoms with Crippen LogP contribution in [-0.2, 0) is 4.74 Å². The first-order chi connectivity index (χ1) is 11.7. The van der Waals surface area contributed by atoms with Gasteiger partial charge in [0.15, 0.2) is 0 Å². The van der Waals surface area contributed by atoms with Crippen LogP contribution in [0.5, 0.6) is 0 Å². The molecule has 0 bridgehead atoms. The Labute approximate surface area is 152 Å². The van der Waals surface area contributed by atoms with Crippen molar-refractivity contribution >= 4 is 0 Å². The Morgan fingerprint density at radius 1 is 0.625 bits per heavy atom. The first-order valence-electron chi connectivity index (χ1n) is 11.0. The Morgan fingerprint density at radius 3 is 1.46 bits per heavy atom. The van der Waals surface area contributed by atoms with Crippen LogP contribution in [0.4, 0.5) is 0 Å². The molecule has 1 atom stereocenters. The Hall–Kier alpha value is -0.0800. The van der Waals surface area contributed by atoms with Gasteiger partial charge < -0.3 is 9.84 Å². The van der Waals surface area contributed by atoms with Crippen molar-refractivity contribution in [3.63, 3.8) is 0 Å². The topological polar surface area (TPSA) is 29.5 Å². The minimum atomic E-state index is 0.288. The normalized spacial score (nSPS) is 12.9. The molecule has 2 heteroatoms. The molecule has 0 aliphatic carbocycles. The van der Waals surface area contributed by atoms with Crippen molar-refractivity contribution in [3.8, 4) is 0 Å². The third kappa shape index (κ3) is 18.3. The van der Waals surface area contributed by atoms with Crippen LogP contribution in [0, 0.1) is 0 Å². The lowest BCUT2D eigenvalue weighted by molar-refractivity contribution is -0.00574. The molecular weight excluding hydrogens is 296 g/mol. The van der Waals surface area contributed by atoms with E-state index in [-0.39, 0.29) is 6.61 Å². The summed E-state index contributed by atoms with van der Waals surface area (Å²) >= 11 is 0. The van der Waals surface area contributed by atoms with Crippen LogP contribution in [0.25, 0.3) is 0 Å². The molecule has 0 aromatic heterocycles. The van der Waals surface area contributed by atoms with E-state index in [1.807, 2.05) is 0 Å². The molecular formula is C22H46O2. The van der Waals surface area contributed by atoms with Gasteiger partial charge in [-0.05, 0) is 33.1 Å². The Morgan fingerprint density at radius 2 is 1.04 bits per heavy atom. The molecule has 24 heavy (non-hydrogen) atoms. The van der Waals surface area contributed by atoms with Crippen molar-refractivity contribution in [1.29, 1.82) is 0 Å². The predicted octanol–water partition coefficient (Wildman–Crippen LogP) is 7.03. The summed E-state index contributed by atoms with van der Waals surface area (Å²) in [7, 11) is 0. The van der Waals surface area contributed by atoms with Crippen molar-refractivity contribution < 1.29 is 9.84 Å². The van der Waals surface area contributed by atoms with E-state index in [4.69, 9.17) is 9.84 Å². The number of aliphatic hydroxyl groups excluding tert-OH is 1. The lowest BCUT2D eigenvalue weighted by Crippen LogP contribution is -2.18. The first kappa shape index (κ1) is 23.9. The fraction of sp³-hybridized carbons (Fsp3) is 1.00. The van der Waals surface area contributed by atoms with Crippen LogP contribution in [0.3, 0.4) is 0 Å². The third-order valence-electron chi connectivity index (χ3n) is 4.78. The predicted molar refractivity (Wildman–Crippen MR) is 107 cm³/mol. The average Bonchev–Trinajstić information content (AvgIpc) is 2.56. The summed E-state index contributed by atoms with van der Waals surface area (Å²) < 4.78 is 5.95. The smallest absolute Gasteiger partial charge is 0.0579 e. The molecule has 1 unspecified atom stereocenters. The Bertz CT molecular complexity index is 228. The highest BCUT2D eigenvalue weighted by Crippen LogP contribution is 2.16. The monoisotopic (exact) mass is 342 g/mol. The fourth-order valence-corrected chi connectivity index (χ4v) is 3.37. The van der Waals surface area contributed by atoms with Gasteiger partial charge in [0.25, 0.3) is 0 Å². The van der Waals surface area contributed by atoms with Crippen LogP contribution in [0.15, 0.2) is 0 Å². The van der Waals surface area contributed by atoms with E-state index in [9.17, 15) is 0 Å². The second kappa shape index (κ2) is 19.2.